The summed E-state index contributed by atoms with van der Waals surface area (Å²) < 4.78 is 0. The molecule has 0 saturated heterocycles. The van der Waals surface area contributed by atoms with Crippen LogP contribution in [0.15, 0.2) is 36.4 Å². The average Bonchev–Trinajstić information content (AvgIpc) is 3.03. The zero-order valence-electron chi connectivity index (χ0n) is 38.3. The largest absolute Gasteiger partial charge is 0.507 e. The molecule has 9 nitrogen and oxygen atoms in total. The number of aromatic nitrogens is 3. The molecular formula is C48H72N6O3. The van der Waals surface area contributed by atoms with E-state index in [1.165, 1.54) is 0 Å². The summed E-state index contributed by atoms with van der Waals surface area (Å²) in [5.74, 6) is 2.21. The van der Waals surface area contributed by atoms with Gasteiger partial charge in [0.15, 0.2) is 0 Å². The maximum atomic E-state index is 11.3. The van der Waals surface area contributed by atoms with Crippen LogP contribution in [0.25, 0.3) is 0 Å². The maximum Gasteiger partial charge on any atom is 0.229 e. The van der Waals surface area contributed by atoms with Crippen LogP contribution in [0, 0.1) is 0 Å². The van der Waals surface area contributed by atoms with Gasteiger partial charge in [0.2, 0.25) is 17.8 Å². The second kappa shape index (κ2) is 15.7. The molecule has 6 N–H and O–H groups in total. The van der Waals surface area contributed by atoms with Crippen molar-refractivity contribution in [2.45, 2.75) is 177 Å². The number of hydrogen-bond acceptors (Lipinski definition) is 9. The topological polar surface area (TPSA) is 135 Å². The standard InChI is InChI=1S/C48H72N6O3/c1-43(2,3)31-19-28(20-32(37(31)55)44(4,5)6)25-49-40-52-41(50-26-29-21-33(45(7,8)9)38(56)34(22-29)46(10,11)12)54-42(53-40)51-27-30-23-35(47(13,14)15)39(57)36(24-30)48(16,17)18/h19-24,55-57H,25-27H2,1-18H3,(H3,49,50,51,52,53,54). The summed E-state index contributed by atoms with van der Waals surface area (Å²) in [5, 5.41) is 44.4. The molecule has 3 aromatic carbocycles. The van der Waals surface area contributed by atoms with Gasteiger partial charge in [0.05, 0.1) is 0 Å². The lowest BCUT2D eigenvalue weighted by Crippen LogP contribution is -2.19. The van der Waals surface area contributed by atoms with E-state index in [9.17, 15) is 15.3 Å². The highest BCUT2D eigenvalue weighted by molar-refractivity contribution is 5.54. The van der Waals surface area contributed by atoms with Crippen molar-refractivity contribution in [2.24, 2.45) is 0 Å². The first-order chi connectivity index (χ1) is 25.8. The molecule has 57 heavy (non-hydrogen) atoms. The number of phenolic OH excluding ortho intramolecular Hbond substituents is 3. The highest BCUT2D eigenvalue weighted by Gasteiger charge is 2.29. The highest BCUT2D eigenvalue weighted by Crippen LogP contribution is 2.42. The number of nitrogens with one attached hydrogen (secondary N) is 3. The van der Waals surface area contributed by atoms with Crippen molar-refractivity contribution >= 4 is 17.8 Å². The molecule has 0 unspecified atom stereocenters. The molecule has 0 radical (unpaired) electrons. The number of rotatable bonds is 9. The van der Waals surface area contributed by atoms with Gasteiger partial charge in [0, 0.05) is 19.6 Å². The highest BCUT2D eigenvalue weighted by atomic mass is 16.3. The predicted molar refractivity (Wildman–Crippen MR) is 238 cm³/mol. The van der Waals surface area contributed by atoms with Gasteiger partial charge in [-0.1, -0.05) is 125 Å². The summed E-state index contributed by atoms with van der Waals surface area (Å²) in [4.78, 5) is 14.5. The number of hydrogen-bond donors (Lipinski definition) is 6. The van der Waals surface area contributed by atoms with Gasteiger partial charge >= 0.3 is 0 Å². The smallest absolute Gasteiger partial charge is 0.229 e. The molecule has 1 aromatic heterocycles. The van der Waals surface area contributed by atoms with Gasteiger partial charge in [-0.25, -0.2) is 0 Å². The molecule has 4 aromatic rings. The van der Waals surface area contributed by atoms with Crippen LogP contribution in [0.3, 0.4) is 0 Å². The molecule has 0 aliphatic rings. The van der Waals surface area contributed by atoms with Gasteiger partial charge in [-0.3, -0.25) is 0 Å². The molecule has 1 heterocycles. The van der Waals surface area contributed by atoms with E-state index in [1.807, 2.05) is 0 Å². The average molecular weight is 781 g/mol. The van der Waals surface area contributed by atoms with Crippen LogP contribution in [0.1, 0.15) is 175 Å². The Kier molecular flexibility index (Phi) is 12.4. The van der Waals surface area contributed by atoms with Crippen LogP contribution in [0.5, 0.6) is 17.2 Å². The van der Waals surface area contributed by atoms with Crippen LogP contribution in [-0.4, -0.2) is 30.3 Å². The first-order valence-corrected chi connectivity index (χ1v) is 20.3. The Balaban J connectivity index is 1.77. The number of benzene rings is 3. The number of phenols is 3. The fourth-order valence-corrected chi connectivity index (χ4v) is 6.98. The van der Waals surface area contributed by atoms with E-state index in [2.05, 4.69) is 177 Å². The summed E-state index contributed by atoms with van der Waals surface area (Å²) in [5.41, 5.74) is 6.81. The molecule has 312 valence electrons. The molecule has 0 spiro atoms. The van der Waals surface area contributed by atoms with Crippen molar-refractivity contribution < 1.29 is 15.3 Å². The van der Waals surface area contributed by atoms with Crippen molar-refractivity contribution in [1.82, 2.24) is 15.0 Å². The molecular weight excluding hydrogens is 709 g/mol. The molecule has 0 fully saturated rings. The fourth-order valence-electron chi connectivity index (χ4n) is 6.98. The first kappa shape index (κ1) is 45.2. The zero-order chi connectivity index (χ0) is 43.3. The van der Waals surface area contributed by atoms with Crippen LogP contribution in [0.4, 0.5) is 17.8 Å². The SMILES string of the molecule is CC(C)(C)c1cc(CNc2nc(NCc3cc(C(C)(C)C)c(O)c(C(C)(C)C)c3)nc(NCc3cc(C(C)(C)C)c(O)c(C(C)(C)C)c3)n2)cc(C(C)(C)C)c1O. The number of anilines is 3. The van der Waals surface area contributed by atoms with E-state index in [4.69, 9.17) is 15.0 Å². The molecule has 4 rings (SSSR count). The van der Waals surface area contributed by atoms with Crippen molar-refractivity contribution in [2.75, 3.05) is 16.0 Å². The normalized spacial score (nSPS) is 13.2. The number of nitrogens with zero attached hydrogens (tertiary/aromatic N) is 3. The summed E-state index contributed by atoms with van der Waals surface area (Å²) in [6.45, 7) is 39.3. The summed E-state index contributed by atoms with van der Waals surface area (Å²) in [6, 6.07) is 12.4. The Labute approximate surface area is 343 Å². The molecule has 0 saturated carbocycles. The summed E-state index contributed by atoms with van der Waals surface area (Å²) in [7, 11) is 0. The lowest BCUT2D eigenvalue weighted by atomic mass is 9.78. The van der Waals surface area contributed by atoms with E-state index in [0.717, 1.165) is 50.1 Å². The van der Waals surface area contributed by atoms with Crippen molar-refractivity contribution in [1.29, 1.82) is 0 Å². The third-order valence-electron chi connectivity index (χ3n) is 10.3. The van der Waals surface area contributed by atoms with Crippen LogP contribution >= 0.6 is 0 Å². The lowest BCUT2D eigenvalue weighted by Gasteiger charge is -2.28. The third kappa shape index (κ3) is 11.1. The molecule has 9 heteroatoms. The predicted octanol–water partition coefficient (Wildman–Crippen LogP) is 11.6. The Morgan fingerprint density at radius 1 is 0.333 bits per heavy atom. The quantitative estimate of drug-likeness (QED) is 0.0981. The molecule has 0 atom stereocenters. The van der Waals surface area contributed by atoms with Crippen LogP contribution in [-0.2, 0) is 52.1 Å². The Hall–Kier alpha value is -4.53. The minimum Gasteiger partial charge on any atom is -0.507 e. The Morgan fingerprint density at radius 2 is 0.491 bits per heavy atom. The fraction of sp³-hybridized carbons (Fsp3) is 0.562. The summed E-state index contributed by atoms with van der Waals surface area (Å²) in [6.07, 6.45) is 0. The van der Waals surface area contributed by atoms with Gasteiger partial charge in [0.1, 0.15) is 17.2 Å². The zero-order valence-corrected chi connectivity index (χ0v) is 38.3. The van der Waals surface area contributed by atoms with Gasteiger partial charge in [-0.2, -0.15) is 15.0 Å². The monoisotopic (exact) mass is 781 g/mol. The lowest BCUT2D eigenvalue weighted by molar-refractivity contribution is 0.422. The second-order valence-corrected chi connectivity index (χ2v) is 22.0. The van der Waals surface area contributed by atoms with Gasteiger partial charge in [0.25, 0.3) is 0 Å². The van der Waals surface area contributed by atoms with E-state index in [-0.39, 0.29) is 32.5 Å². The molecule has 0 aliphatic carbocycles. The van der Waals surface area contributed by atoms with E-state index >= 15 is 0 Å². The van der Waals surface area contributed by atoms with E-state index in [0.29, 0.717) is 54.7 Å². The maximum absolute atomic E-state index is 11.3. The van der Waals surface area contributed by atoms with Crippen LogP contribution < -0.4 is 16.0 Å². The molecule has 0 amide bonds. The van der Waals surface area contributed by atoms with Gasteiger partial charge in [-0.15, -0.1) is 0 Å². The van der Waals surface area contributed by atoms with Gasteiger partial charge in [-0.05, 0) is 119 Å². The minimum absolute atomic E-state index is 0.261. The van der Waals surface area contributed by atoms with Crippen molar-refractivity contribution in [3.8, 4) is 17.2 Å². The van der Waals surface area contributed by atoms with Gasteiger partial charge < -0.3 is 31.3 Å². The van der Waals surface area contributed by atoms with E-state index < -0.39 is 0 Å². The molecule has 0 aliphatic heterocycles. The molecule has 0 bridgehead atoms. The van der Waals surface area contributed by atoms with Crippen molar-refractivity contribution in [3.05, 3.63) is 86.5 Å². The van der Waals surface area contributed by atoms with Crippen molar-refractivity contribution in [3.63, 3.8) is 0 Å². The second-order valence-electron chi connectivity index (χ2n) is 22.0. The first-order valence-electron chi connectivity index (χ1n) is 20.3. The summed E-state index contributed by atoms with van der Waals surface area (Å²) >= 11 is 0. The Morgan fingerprint density at radius 3 is 0.632 bits per heavy atom. The van der Waals surface area contributed by atoms with E-state index in [1.54, 1.807) is 0 Å². The Bertz CT molecular complexity index is 1720. The van der Waals surface area contributed by atoms with Crippen LogP contribution in [0.2, 0.25) is 0 Å². The number of aromatic hydroxyl groups is 3. The third-order valence-corrected chi connectivity index (χ3v) is 10.3. The minimum atomic E-state index is -0.261.